The molecule has 1 aliphatic rings. The number of anilines is 1. The zero-order valence-corrected chi connectivity index (χ0v) is 14.4. The van der Waals surface area contributed by atoms with E-state index in [2.05, 4.69) is 10.6 Å². The van der Waals surface area contributed by atoms with Gasteiger partial charge in [-0.1, -0.05) is 26.0 Å². The van der Waals surface area contributed by atoms with Gasteiger partial charge >= 0.3 is 0 Å². The minimum atomic E-state index is -0.0877. The molecule has 0 aromatic heterocycles. The van der Waals surface area contributed by atoms with Crippen LogP contribution in [-0.4, -0.2) is 30.3 Å². The average Bonchev–Trinajstić information content (AvgIpc) is 2.98. The van der Waals surface area contributed by atoms with Gasteiger partial charge in [-0.25, -0.2) is 0 Å². The molecule has 1 aromatic rings. The van der Waals surface area contributed by atoms with E-state index in [1.54, 1.807) is 0 Å². The van der Waals surface area contributed by atoms with Crippen molar-refractivity contribution < 1.29 is 14.3 Å². The van der Waals surface area contributed by atoms with E-state index in [0.29, 0.717) is 24.7 Å². The van der Waals surface area contributed by atoms with Crippen molar-refractivity contribution in [3.63, 3.8) is 0 Å². The second-order valence-electron chi connectivity index (χ2n) is 6.04. The largest absolute Gasteiger partial charge is 0.489 e. The maximum absolute atomic E-state index is 11.8. The van der Waals surface area contributed by atoms with E-state index < -0.39 is 0 Å². The Morgan fingerprint density at radius 3 is 2.91 bits per heavy atom. The molecule has 1 amide bonds. The molecule has 0 radical (unpaired) electrons. The summed E-state index contributed by atoms with van der Waals surface area (Å²) in [4.78, 5) is 11.8. The fourth-order valence-electron chi connectivity index (χ4n) is 2.36. The van der Waals surface area contributed by atoms with Crippen LogP contribution in [0.15, 0.2) is 24.3 Å². The van der Waals surface area contributed by atoms with Crippen LogP contribution in [0.1, 0.15) is 33.1 Å². The first-order valence-corrected chi connectivity index (χ1v) is 8.39. The van der Waals surface area contributed by atoms with Gasteiger partial charge in [0.25, 0.3) is 0 Å². The van der Waals surface area contributed by atoms with Crippen molar-refractivity contribution in [3.8, 4) is 5.75 Å². The first-order chi connectivity index (χ1) is 11.0. The first kappa shape index (κ1) is 17.7. The molecule has 1 atom stereocenters. The van der Waals surface area contributed by atoms with Gasteiger partial charge in [0.1, 0.15) is 12.4 Å². The van der Waals surface area contributed by atoms with E-state index in [0.717, 1.165) is 25.1 Å². The Morgan fingerprint density at radius 2 is 2.22 bits per heavy atom. The molecule has 0 spiro atoms. The molecule has 2 N–H and O–H groups in total. The highest BCUT2D eigenvalue weighted by Crippen LogP contribution is 2.25. The van der Waals surface area contributed by atoms with Crippen LogP contribution >= 0.6 is 12.2 Å². The van der Waals surface area contributed by atoms with Crippen molar-refractivity contribution >= 4 is 28.9 Å². The highest BCUT2D eigenvalue weighted by atomic mass is 32.1. The molecule has 126 valence electrons. The van der Waals surface area contributed by atoms with Gasteiger partial charge in [0, 0.05) is 13.0 Å². The van der Waals surface area contributed by atoms with E-state index in [9.17, 15) is 4.79 Å². The highest BCUT2D eigenvalue weighted by molar-refractivity contribution is 7.80. The number of carbonyl (C=O) groups is 1. The molecule has 0 aliphatic carbocycles. The molecule has 6 heteroatoms. The summed E-state index contributed by atoms with van der Waals surface area (Å²) in [5, 5.41) is 5.99. The Morgan fingerprint density at radius 1 is 1.43 bits per heavy atom. The zero-order valence-electron chi connectivity index (χ0n) is 13.6. The number of ether oxygens (including phenoxy) is 2. The summed E-state index contributed by atoms with van der Waals surface area (Å²) < 4.78 is 11.4. The van der Waals surface area contributed by atoms with Crippen molar-refractivity contribution in [2.45, 2.75) is 39.2 Å². The Bertz CT molecular complexity index is 542. The maximum Gasteiger partial charge on any atom is 0.226 e. The van der Waals surface area contributed by atoms with Crippen molar-refractivity contribution in [3.05, 3.63) is 24.3 Å². The Labute approximate surface area is 142 Å². The Hall–Kier alpha value is -1.66. The van der Waals surface area contributed by atoms with Crippen LogP contribution < -0.4 is 15.4 Å². The summed E-state index contributed by atoms with van der Waals surface area (Å²) in [6.45, 7) is 5.31. The van der Waals surface area contributed by atoms with Crippen LogP contribution in [0.4, 0.5) is 5.69 Å². The molecule has 2 rings (SSSR count). The lowest BCUT2D eigenvalue weighted by Gasteiger charge is -2.16. The van der Waals surface area contributed by atoms with E-state index in [4.69, 9.17) is 21.7 Å². The second-order valence-corrected chi connectivity index (χ2v) is 6.45. The lowest BCUT2D eigenvalue weighted by atomic mass is 10.1. The molecule has 1 unspecified atom stereocenters. The number of nitrogens with one attached hydrogen (secondary N) is 2. The standard InChI is InChI=1S/C17H24N2O3S/c1-12(2)10-16(20)19-17(23)18-14-7-3-4-8-15(14)22-11-13-6-5-9-21-13/h3-4,7-8,12-13H,5-6,9-11H2,1-2H3,(H2,18,19,20,23). The van der Waals surface area contributed by atoms with E-state index >= 15 is 0 Å². The zero-order chi connectivity index (χ0) is 16.7. The normalized spacial score (nSPS) is 17.1. The van der Waals surface area contributed by atoms with E-state index in [-0.39, 0.29) is 17.1 Å². The Kier molecular flexibility index (Phi) is 6.80. The van der Waals surface area contributed by atoms with E-state index in [1.807, 2.05) is 38.1 Å². The number of rotatable bonds is 6. The lowest BCUT2D eigenvalue weighted by Crippen LogP contribution is -2.34. The third-order valence-electron chi connectivity index (χ3n) is 3.43. The smallest absolute Gasteiger partial charge is 0.226 e. The molecule has 0 saturated carbocycles. The number of amides is 1. The van der Waals surface area contributed by atoms with Crippen LogP contribution in [-0.2, 0) is 9.53 Å². The van der Waals surface area contributed by atoms with Gasteiger partial charge in [-0.2, -0.15) is 0 Å². The highest BCUT2D eigenvalue weighted by Gasteiger charge is 2.17. The number of carbonyl (C=O) groups excluding carboxylic acids is 1. The minimum Gasteiger partial charge on any atom is -0.489 e. The van der Waals surface area contributed by atoms with Crippen molar-refractivity contribution in [2.75, 3.05) is 18.5 Å². The van der Waals surface area contributed by atoms with Crippen molar-refractivity contribution in [1.82, 2.24) is 5.32 Å². The topological polar surface area (TPSA) is 59.6 Å². The summed E-state index contributed by atoms with van der Waals surface area (Å²) in [6, 6.07) is 7.53. The quantitative estimate of drug-likeness (QED) is 0.782. The van der Waals surface area contributed by atoms with Crippen LogP contribution in [0.5, 0.6) is 5.75 Å². The number of thiocarbonyl (C=S) groups is 1. The fourth-order valence-corrected chi connectivity index (χ4v) is 2.58. The van der Waals surface area contributed by atoms with Gasteiger partial charge in [0.15, 0.2) is 5.11 Å². The molecule has 1 heterocycles. The van der Waals surface area contributed by atoms with Crippen LogP contribution in [0.2, 0.25) is 0 Å². The lowest BCUT2D eigenvalue weighted by molar-refractivity contribution is -0.120. The van der Waals surface area contributed by atoms with Crippen LogP contribution in [0.3, 0.4) is 0 Å². The summed E-state index contributed by atoms with van der Waals surface area (Å²) in [5.74, 6) is 0.901. The molecule has 5 nitrogen and oxygen atoms in total. The summed E-state index contributed by atoms with van der Waals surface area (Å²) in [5.41, 5.74) is 0.736. The molecule has 23 heavy (non-hydrogen) atoms. The predicted octanol–water partition coefficient (Wildman–Crippen LogP) is 3.10. The number of hydrogen-bond donors (Lipinski definition) is 2. The van der Waals surface area contributed by atoms with Crippen LogP contribution in [0, 0.1) is 5.92 Å². The van der Waals surface area contributed by atoms with Gasteiger partial charge in [0.05, 0.1) is 11.8 Å². The van der Waals surface area contributed by atoms with Crippen molar-refractivity contribution in [1.29, 1.82) is 0 Å². The Balaban J connectivity index is 1.88. The molecule has 1 fully saturated rings. The molecule has 1 aliphatic heterocycles. The number of para-hydroxylation sites is 2. The van der Waals surface area contributed by atoms with Gasteiger partial charge in [0.2, 0.25) is 5.91 Å². The maximum atomic E-state index is 11.8. The predicted molar refractivity (Wildman–Crippen MR) is 94.7 cm³/mol. The fraction of sp³-hybridized carbons (Fsp3) is 0.529. The van der Waals surface area contributed by atoms with Crippen LogP contribution in [0.25, 0.3) is 0 Å². The summed E-state index contributed by atoms with van der Waals surface area (Å²) >= 11 is 5.19. The van der Waals surface area contributed by atoms with E-state index in [1.165, 1.54) is 0 Å². The average molecular weight is 336 g/mol. The second kappa shape index (κ2) is 8.84. The number of benzene rings is 1. The molecule has 1 aromatic carbocycles. The SMILES string of the molecule is CC(C)CC(=O)NC(=S)Nc1ccccc1OCC1CCCO1. The van der Waals surface area contributed by atoms with Gasteiger partial charge in [-0.05, 0) is 43.1 Å². The molecular formula is C17H24N2O3S. The van der Waals surface area contributed by atoms with Crippen molar-refractivity contribution in [2.24, 2.45) is 5.92 Å². The monoisotopic (exact) mass is 336 g/mol. The minimum absolute atomic E-state index is 0.0877. The molecule has 1 saturated heterocycles. The first-order valence-electron chi connectivity index (χ1n) is 7.99. The number of hydrogen-bond acceptors (Lipinski definition) is 4. The molecular weight excluding hydrogens is 312 g/mol. The third-order valence-corrected chi connectivity index (χ3v) is 3.63. The molecule has 0 bridgehead atoms. The van der Waals surface area contributed by atoms with Gasteiger partial charge in [-0.15, -0.1) is 0 Å². The summed E-state index contributed by atoms with van der Waals surface area (Å²) in [7, 11) is 0. The summed E-state index contributed by atoms with van der Waals surface area (Å²) in [6.07, 6.45) is 2.71. The van der Waals surface area contributed by atoms with Gasteiger partial charge in [-0.3, -0.25) is 4.79 Å². The van der Waals surface area contributed by atoms with Gasteiger partial charge < -0.3 is 20.1 Å². The third kappa shape index (κ3) is 6.15.